The molecule has 0 radical (unpaired) electrons. The van der Waals surface area contributed by atoms with Crippen LogP contribution in [0.2, 0.25) is 0 Å². The summed E-state index contributed by atoms with van der Waals surface area (Å²) in [5.74, 6) is 0.758. The molecule has 0 atom stereocenters. The van der Waals surface area contributed by atoms with Gasteiger partial charge in [-0.3, -0.25) is 0 Å². The van der Waals surface area contributed by atoms with Crippen molar-refractivity contribution in [3.05, 3.63) is 30.1 Å². The molecule has 1 aromatic carbocycles. The van der Waals surface area contributed by atoms with E-state index in [1.54, 1.807) is 12.1 Å². The maximum atomic E-state index is 13.0. The summed E-state index contributed by atoms with van der Waals surface area (Å²) in [6, 6.07) is 6.67. The van der Waals surface area contributed by atoms with Crippen LogP contribution in [0.25, 0.3) is 0 Å². The van der Waals surface area contributed by atoms with E-state index in [0.717, 1.165) is 24.7 Å². The summed E-state index contributed by atoms with van der Waals surface area (Å²) in [5.41, 5.74) is 0.873. The van der Waals surface area contributed by atoms with Gasteiger partial charge in [-0.2, -0.15) is 0 Å². The lowest BCUT2D eigenvalue weighted by atomic mass is 10.3. The Morgan fingerprint density at radius 2 is 2.17 bits per heavy atom. The highest BCUT2D eigenvalue weighted by atomic mass is 19.1. The SMILES string of the molecule is CCCN(CCNc1cccc(F)c1)CC1CC1. The fourth-order valence-corrected chi connectivity index (χ4v) is 2.23. The van der Waals surface area contributed by atoms with Gasteiger partial charge in [-0.25, -0.2) is 4.39 Å². The van der Waals surface area contributed by atoms with Crippen LogP contribution in [0.4, 0.5) is 10.1 Å². The fraction of sp³-hybridized carbons (Fsp3) is 0.600. The lowest BCUT2D eigenvalue weighted by Gasteiger charge is -2.21. The number of nitrogens with zero attached hydrogens (tertiary/aromatic N) is 1. The van der Waals surface area contributed by atoms with Crippen LogP contribution < -0.4 is 5.32 Å². The van der Waals surface area contributed by atoms with Crippen molar-refractivity contribution < 1.29 is 4.39 Å². The molecule has 0 spiro atoms. The van der Waals surface area contributed by atoms with Crippen LogP contribution in [0, 0.1) is 11.7 Å². The summed E-state index contributed by atoms with van der Waals surface area (Å²) in [6.07, 6.45) is 4.00. The molecule has 18 heavy (non-hydrogen) atoms. The molecule has 2 rings (SSSR count). The van der Waals surface area contributed by atoms with E-state index in [4.69, 9.17) is 0 Å². The van der Waals surface area contributed by atoms with E-state index >= 15 is 0 Å². The highest BCUT2D eigenvalue weighted by Crippen LogP contribution is 2.29. The van der Waals surface area contributed by atoms with E-state index in [-0.39, 0.29) is 5.82 Å². The molecule has 0 saturated heterocycles. The largest absolute Gasteiger partial charge is 0.384 e. The Morgan fingerprint density at radius 3 is 2.83 bits per heavy atom. The number of rotatable bonds is 8. The summed E-state index contributed by atoms with van der Waals surface area (Å²) in [4.78, 5) is 2.52. The van der Waals surface area contributed by atoms with Gasteiger partial charge in [-0.05, 0) is 49.9 Å². The van der Waals surface area contributed by atoms with Crippen molar-refractivity contribution in [2.24, 2.45) is 5.92 Å². The topological polar surface area (TPSA) is 15.3 Å². The van der Waals surface area contributed by atoms with Crippen molar-refractivity contribution in [3.63, 3.8) is 0 Å². The Balaban J connectivity index is 1.71. The third kappa shape index (κ3) is 4.65. The van der Waals surface area contributed by atoms with Crippen LogP contribution in [0.5, 0.6) is 0 Å². The van der Waals surface area contributed by atoms with Crippen molar-refractivity contribution in [2.75, 3.05) is 31.5 Å². The van der Waals surface area contributed by atoms with Crippen LogP contribution >= 0.6 is 0 Å². The zero-order valence-electron chi connectivity index (χ0n) is 11.2. The molecule has 0 unspecified atom stereocenters. The lowest BCUT2D eigenvalue weighted by Crippen LogP contribution is -2.31. The van der Waals surface area contributed by atoms with E-state index in [1.165, 1.54) is 38.4 Å². The Labute approximate surface area is 109 Å². The van der Waals surface area contributed by atoms with Crippen molar-refractivity contribution in [2.45, 2.75) is 26.2 Å². The Bertz CT molecular complexity index is 363. The molecule has 3 heteroatoms. The summed E-state index contributed by atoms with van der Waals surface area (Å²) < 4.78 is 13.0. The number of benzene rings is 1. The molecular formula is C15H23FN2. The third-order valence-corrected chi connectivity index (χ3v) is 3.33. The first-order valence-electron chi connectivity index (χ1n) is 6.99. The highest BCUT2D eigenvalue weighted by molar-refractivity contribution is 5.42. The van der Waals surface area contributed by atoms with Crippen LogP contribution in [0.15, 0.2) is 24.3 Å². The summed E-state index contributed by atoms with van der Waals surface area (Å²) in [6.45, 7) is 6.55. The molecule has 0 aliphatic heterocycles. The van der Waals surface area contributed by atoms with Gasteiger partial charge in [-0.15, -0.1) is 0 Å². The predicted octanol–water partition coefficient (Wildman–Crippen LogP) is 3.36. The quantitative estimate of drug-likeness (QED) is 0.761. The second kappa shape index (κ2) is 6.74. The number of hydrogen-bond acceptors (Lipinski definition) is 2. The molecule has 1 fully saturated rings. The van der Waals surface area contributed by atoms with Crippen LogP contribution in [0.3, 0.4) is 0 Å². The van der Waals surface area contributed by atoms with Gasteiger partial charge in [-0.1, -0.05) is 13.0 Å². The van der Waals surface area contributed by atoms with Gasteiger partial charge in [0.2, 0.25) is 0 Å². The first kappa shape index (κ1) is 13.3. The highest BCUT2D eigenvalue weighted by Gasteiger charge is 2.23. The molecule has 2 nitrogen and oxygen atoms in total. The molecule has 0 bridgehead atoms. The van der Waals surface area contributed by atoms with Crippen LogP contribution in [0.1, 0.15) is 26.2 Å². The molecule has 1 N–H and O–H groups in total. The third-order valence-electron chi connectivity index (χ3n) is 3.33. The molecule has 0 aromatic heterocycles. The van der Waals surface area contributed by atoms with E-state index in [2.05, 4.69) is 17.1 Å². The molecule has 0 heterocycles. The maximum absolute atomic E-state index is 13.0. The Morgan fingerprint density at radius 1 is 1.33 bits per heavy atom. The minimum atomic E-state index is -0.177. The van der Waals surface area contributed by atoms with Crippen molar-refractivity contribution in [1.29, 1.82) is 0 Å². The number of halogens is 1. The monoisotopic (exact) mass is 250 g/mol. The maximum Gasteiger partial charge on any atom is 0.125 e. The van der Waals surface area contributed by atoms with Gasteiger partial charge < -0.3 is 10.2 Å². The minimum absolute atomic E-state index is 0.177. The standard InChI is InChI=1S/C15H23FN2/c1-2-9-18(12-13-6-7-13)10-8-17-15-5-3-4-14(16)11-15/h3-5,11,13,17H,2,6-10,12H2,1H3. The Hall–Kier alpha value is -1.09. The lowest BCUT2D eigenvalue weighted by molar-refractivity contribution is 0.273. The number of anilines is 1. The molecular weight excluding hydrogens is 227 g/mol. The molecule has 1 saturated carbocycles. The second-order valence-electron chi connectivity index (χ2n) is 5.18. The molecule has 1 aliphatic rings. The van der Waals surface area contributed by atoms with Crippen molar-refractivity contribution >= 4 is 5.69 Å². The second-order valence-corrected chi connectivity index (χ2v) is 5.18. The summed E-state index contributed by atoms with van der Waals surface area (Å²) >= 11 is 0. The first-order valence-corrected chi connectivity index (χ1v) is 6.99. The van der Waals surface area contributed by atoms with Gasteiger partial charge in [0.15, 0.2) is 0 Å². The molecule has 100 valence electrons. The van der Waals surface area contributed by atoms with E-state index in [1.807, 2.05) is 6.07 Å². The van der Waals surface area contributed by atoms with Crippen LogP contribution in [-0.2, 0) is 0 Å². The Kier molecular flexibility index (Phi) is 5.00. The molecule has 1 aromatic rings. The molecule has 0 amide bonds. The van der Waals surface area contributed by atoms with Gasteiger partial charge in [0.1, 0.15) is 5.82 Å². The first-order chi connectivity index (χ1) is 8.78. The van der Waals surface area contributed by atoms with Crippen molar-refractivity contribution in [1.82, 2.24) is 4.90 Å². The van der Waals surface area contributed by atoms with Gasteiger partial charge in [0, 0.05) is 25.3 Å². The van der Waals surface area contributed by atoms with Crippen LogP contribution in [-0.4, -0.2) is 31.1 Å². The zero-order valence-corrected chi connectivity index (χ0v) is 11.2. The summed E-state index contributed by atoms with van der Waals surface area (Å²) in [5, 5.41) is 3.29. The molecule has 1 aliphatic carbocycles. The van der Waals surface area contributed by atoms with E-state index < -0.39 is 0 Å². The summed E-state index contributed by atoms with van der Waals surface area (Å²) in [7, 11) is 0. The zero-order chi connectivity index (χ0) is 12.8. The minimum Gasteiger partial charge on any atom is -0.384 e. The normalized spacial score (nSPS) is 15.1. The van der Waals surface area contributed by atoms with E-state index in [9.17, 15) is 4.39 Å². The van der Waals surface area contributed by atoms with Gasteiger partial charge in [0.25, 0.3) is 0 Å². The average molecular weight is 250 g/mol. The number of hydrogen-bond donors (Lipinski definition) is 1. The van der Waals surface area contributed by atoms with E-state index in [0.29, 0.717) is 0 Å². The number of nitrogens with one attached hydrogen (secondary N) is 1. The van der Waals surface area contributed by atoms with Gasteiger partial charge >= 0.3 is 0 Å². The fourth-order valence-electron chi connectivity index (χ4n) is 2.23. The average Bonchev–Trinajstić information content (AvgIpc) is 3.13. The smallest absolute Gasteiger partial charge is 0.125 e. The van der Waals surface area contributed by atoms with Crippen molar-refractivity contribution in [3.8, 4) is 0 Å². The van der Waals surface area contributed by atoms with Gasteiger partial charge in [0.05, 0.1) is 0 Å². The predicted molar refractivity (Wildman–Crippen MR) is 74.3 cm³/mol.